The molecule has 1 fully saturated rings. The van der Waals surface area contributed by atoms with Gasteiger partial charge in [-0.25, -0.2) is 4.79 Å². The number of fused-ring (bicyclic) bond motifs is 1. The summed E-state index contributed by atoms with van der Waals surface area (Å²) in [6.45, 7) is 1.48. The monoisotopic (exact) mass is 456 g/mol. The lowest BCUT2D eigenvalue weighted by molar-refractivity contribution is 0.0697. The molecule has 34 heavy (non-hydrogen) atoms. The van der Waals surface area contributed by atoms with Crippen LogP contribution in [-0.4, -0.2) is 36.2 Å². The number of benzene rings is 2. The van der Waals surface area contributed by atoms with Gasteiger partial charge in [-0.2, -0.15) is 0 Å². The van der Waals surface area contributed by atoms with E-state index >= 15 is 0 Å². The smallest absolute Gasteiger partial charge is 0.337 e. The van der Waals surface area contributed by atoms with Crippen LogP contribution >= 0.6 is 0 Å². The molecule has 5 rings (SSSR count). The van der Waals surface area contributed by atoms with Crippen LogP contribution in [0, 0.1) is 0 Å². The van der Waals surface area contributed by atoms with Crippen molar-refractivity contribution < 1.29 is 9.90 Å². The first kappa shape index (κ1) is 22.4. The fourth-order valence-corrected chi connectivity index (χ4v) is 5.34. The Bertz CT molecular complexity index is 1160. The Morgan fingerprint density at radius 1 is 1.12 bits per heavy atom. The molecule has 176 valence electrons. The second-order valence-corrected chi connectivity index (χ2v) is 9.38. The maximum atomic E-state index is 11.5. The number of aromatic carboxylic acids is 1. The zero-order valence-corrected chi connectivity index (χ0v) is 19.6. The number of carbonyl (C=O) groups is 1. The molecule has 2 heterocycles. The van der Waals surface area contributed by atoms with Gasteiger partial charge < -0.3 is 20.6 Å². The summed E-state index contributed by atoms with van der Waals surface area (Å²) in [7, 11) is 2.13. The van der Waals surface area contributed by atoms with E-state index in [0.29, 0.717) is 12.2 Å². The minimum absolute atomic E-state index is 0.107. The first-order chi connectivity index (χ1) is 16.6. The quantitative estimate of drug-likeness (QED) is 0.436. The molecule has 0 spiro atoms. The van der Waals surface area contributed by atoms with Crippen LogP contribution in [0.2, 0.25) is 0 Å². The Morgan fingerprint density at radius 3 is 2.65 bits per heavy atom. The molecule has 3 N–H and O–H groups in total. The topological polar surface area (TPSA) is 77.5 Å². The van der Waals surface area contributed by atoms with Gasteiger partial charge in [0.2, 0.25) is 0 Å². The fraction of sp³-hybridized carbons (Fsp3) is 0.357. The largest absolute Gasteiger partial charge is 0.478 e. The Balaban J connectivity index is 1.30. The minimum Gasteiger partial charge on any atom is -0.478 e. The van der Waals surface area contributed by atoms with Crippen molar-refractivity contribution in [3.8, 4) is 0 Å². The molecule has 1 saturated carbocycles. The lowest BCUT2D eigenvalue weighted by Gasteiger charge is -2.29. The van der Waals surface area contributed by atoms with Gasteiger partial charge in [0.15, 0.2) is 0 Å². The highest BCUT2D eigenvalue weighted by molar-refractivity contribution is 5.93. The van der Waals surface area contributed by atoms with Crippen LogP contribution in [0.3, 0.4) is 0 Å². The number of rotatable bonds is 7. The maximum absolute atomic E-state index is 11.5. The van der Waals surface area contributed by atoms with Gasteiger partial charge in [0.25, 0.3) is 0 Å². The van der Waals surface area contributed by atoms with E-state index in [-0.39, 0.29) is 11.6 Å². The molecule has 0 bridgehead atoms. The van der Waals surface area contributed by atoms with Crippen molar-refractivity contribution in [2.75, 3.05) is 30.4 Å². The van der Waals surface area contributed by atoms with Crippen LogP contribution in [0.25, 0.3) is 0 Å². The van der Waals surface area contributed by atoms with Gasteiger partial charge >= 0.3 is 5.97 Å². The number of pyridine rings is 1. The zero-order chi connectivity index (χ0) is 23.5. The molecule has 0 saturated heterocycles. The molecule has 1 atom stereocenters. The van der Waals surface area contributed by atoms with Gasteiger partial charge in [0.05, 0.1) is 17.4 Å². The number of nitrogens with zero attached hydrogens (tertiary/aromatic N) is 2. The van der Waals surface area contributed by atoms with Crippen LogP contribution in [0.1, 0.15) is 64.7 Å². The third kappa shape index (κ3) is 4.64. The van der Waals surface area contributed by atoms with Crippen LogP contribution in [0.5, 0.6) is 0 Å². The van der Waals surface area contributed by atoms with Crippen molar-refractivity contribution in [1.29, 1.82) is 0 Å². The molecule has 0 amide bonds. The first-order valence-corrected chi connectivity index (χ1v) is 12.2. The average Bonchev–Trinajstić information content (AvgIpc) is 3.42. The van der Waals surface area contributed by atoms with E-state index in [1.807, 2.05) is 0 Å². The highest BCUT2D eigenvalue weighted by atomic mass is 16.4. The van der Waals surface area contributed by atoms with Gasteiger partial charge in [-0.3, -0.25) is 4.98 Å². The summed E-state index contributed by atoms with van der Waals surface area (Å²) in [4.78, 5) is 17.8. The first-order valence-electron chi connectivity index (χ1n) is 12.2. The van der Waals surface area contributed by atoms with E-state index in [4.69, 9.17) is 0 Å². The van der Waals surface area contributed by atoms with E-state index in [1.54, 1.807) is 6.20 Å². The number of carboxylic acid groups (broad SMARTS) is 1. The minimum atomic E-state index is -0.953. The van der Waals surface area contributed by atoms with Gasteiger partial charge in [-0.1, -0.05) is 31.0 Å². The van der Waals surface area contributed by atoms with Gasteiger partial charge in [0, 0.05) is 37.2 Å². The van der Waals surface area contributed by atoms with Crippen molar-refractivity contribution in [2.24, 2.45) is 0 Å². The highest BCUT2D eigenvalue weighted by Gasteiger charge is 2.22. The fourth-order valence-electron chi connectivity index (χ4n) is 5.34. The Kier molecular flexibility index (Phi) is 6.50. The van der Waals surface area contributed by atoms with Crippen LogP contribution < -0.4 is 15.5 Å². The van der Waals surface area contributed by atoms with Crippen molar-refractivity contribution in [1.82, 2.24) is 10.3 Å². The molecule has 2 aromatic carbocycles. The third-order valence-corrected chi connectivity index (χ3v) is 7.33. The predicted octanol–water partition coefficient (Wildman–Crippen LogP) is 5.50. The molecular weight excluding hydrogens is 424 g/mol. The summed E-state index contributed by atoms with van der Waals surface area (Å²) in [5.41, 5.74) is 7.23. The summed E-state index contributed by atoms with van der Waals surface area (Å²) in [6, 6.07) is 17.4. The molecule has 6 nitrogen and oxygen atoms in total. The number of anilines is 3. The van der Waals surface area contributed by atoms with E-state index in [0.717, 1.165) is 18.9 Å². The Hall–Kier alpha value is -3.38. The molecule has 3 aromatic rings. The molecule has 1 aliphatic carbocycles. The Morgan fingerprint density at radius 2 is 1.88 bits per heavy atom. The second kappa shape index (κ2) is 9.85. The normalized spacial score (nSPS) is 17.9. The van der Waals surface area contributed by atoms with E-state index in [2.05, 4.69) is 70.0 Å². The number of hydrogen-bond acceptors (Lipinski definition) is 5. The Labute approximate surface area is 201 Å². The molecule has 1 aromatic heterocycles. The summed E-state index contributed by atoms with van der Waals surface area (Å²) in [6.07, 6.45) is 9.41. The second-order valence-electron chi connectivity index (χ2n) is 9.38. The molecular formula is C28H32N4O2. The summed E-state index contributed by atoms with van der Waals surface area (Å²) < 4.78 is 0. The SMILES string of the molecule is CN(c1ccc(C2CCCC2)cc1)c1ccc2c(c1)CCN[C@@H]2CNc1cnccc1C(=O)O. The van der Waals surface area contributed by atoms with Gasteiger partial charge in [0.1, 0.15) is 0 Å². The van der Waals surface area contributed by atoms with Crippen molar-refractivity contribution in [3.63, 3.8) is 0 Å². The predicted molar refractivity (Wildman–Crippen MR) is 136 cm³/mol. The number of nitrogens with one attached hydrogen (secondary N) is 2. The van der Waals surface area contributed by atoms with Crippen molar-refractivity contribution in [2.45, 2.75) is 44.1 Å². The van der Waals surface area contributed by atoms with Crippen molar-refractivity contribution >= 4 is 23.0 Å². The van der Waals surface area contributed by atoms with E-state index in [1.165, 1.54) is 66.0 Å². The highest BCUT2D eigenvalue weighted by Crippen LogP contribution is 2.36. The van der Waals surface area contributed by atoms with Crippen LogP contribution in [-0.2, 0) is 6.42 Å². The van der Waals surface area contributed by atoms with Crippen LogP contribution in [0.4, 0.5) is 17.1 Å². The molecule has 2 aliphatic rings. The number of hydrogen-bond donors (Lipinski definition) is 3. The average molecular weight is 457 g/mol. The van der Waals surface area contributed by atoms with E-state index in [9.17, 15) is 9.90 Å². The third-order valence-electron chi connectivity index (χ3n) is 7.33. The van der Waals surface area contributed by atoms with Crippen LogP contribution in [0.15, 0.2) is 60.9 Å². The lowest BCUT2D eigenvalue weighted by atomic mass is 9.93. The van der Waals surface area contributed by atoms with E-state index < -0.39 is 5.97 Å². The lowest BCUT2D eigenvalue weighted by Crippen LogP contribution is -2.34. The summed E-state index contributed by atoms with van der Waals surface area (Å²) in [5, 5.41) is 16.3. The maximum Gasteiger partial charge on any atom is 0.337 e. The van der Waals surface area contributed by atoms with Crippen molar-refractivity contribution in [3.05, 3.63) is 83.2 Å². The summed E-state index contributed by atoms with van der Waals surface area (Å²) >= 11 is 0. The molecule has 0 radical (unpaired) electrons. The zero-order valence-electron chi connectivity index (χ0n) is 19.6. The molecule has 1 aliphatic heterocycles. The summed E-state index contributed by atoms with van der Waals surface area (Å²) in [5.74, 6) is -0.217. The van der Waals surface area contributed by atoms with Gasteiger partial charge in [-0.15, -0.1) is 0 Å². The van der Waals surface area contributed by atoms with Gasteiger partial charge in [-0.05, 0) is 78.7 Å². The number of aromatic nitrogens is 1. The number of carboxylic acids is 1. The molecule has 0 unspecified atom stereocenters. The molecule has 6 heteroatoms. The standard InChI is InChI=1S/C28H32N4O2/c1-32(22-8-6-20(7-9-22)19-4-2-3-5-19)23-10-11-24-21(16-23)12-15-30-27(24)18-31-26-17-29-14-13-25(26)28(33)34/h6-11,13-14,16-17,19,27,30-31H,2-5,12,15,18H2,1H3,(H,33,34)/t27-/m1/s1.